The van der Waals surface area contributed by atoms with E-state index in [2.05, 4.69) is 21.9 Å². The second-order valence-corrected chi connectivity index (χ2v) is 5.85. The summed E-state index contributed by atoms with van der Waals surface area (Å²) in [6.45, 7) is 0. The molecule has 2 aromatic rings. The zero-order valence-electron chi connectivity index (χ0n) is 15.0. The molecular formula is C19H25N3O4. The first-order chi connectivity index (χ1) is 12.7. The van der Waals surface area contributed by atoms with Crippen LogP contribution in [0.25, 0.3) is 0 Å². The number of benzene rings is 2. The van der Waals surface area contributed by atoms with Crippen LogP contribution in [0.5, 0.6) is 5.75 Å². The van der Waals surface area contributed by atoms with Gasteiger partial charge in [0.15, 0.2) is 0 Å². The highest BCUT2D eigenvalue weighted by molar-refractivity contribution is 5.78. The lowest BCUT2D eigenvalue weighted by Gasteiger charge is -2.22. The van der Waals surface area contributed by atoms with Crippen molar-refractivity contribution >= 4 is 11.6 Å². The molecule has 4 N–H and O–H groups in total. The van der Waals surface area contributed by atoms with E-state index in [0.717, 1.165) is 30.7 Å². The van der Waals surface area contributed by atoms with Crippen molar-refractivity contribution in [3.63, 3.8) is 0 Å². The molecule has 0 aromatic heterocycles. The number of carbonyl (C=O) groups excluding carboxylic acids is 1. The van der Waals surface area contributed by atoms with E-state index in [9.17, 15) is 4.79 Å². The van der Waals surface area contributed by atoms with E-state index >= 15 is 0 Å². The van der Waals surface area contributed by atoms with Gasteiger partial charge in [0.05, 0.1) is 19.9 Å². The summed E-state index contributed by atoms with van der Waals surface area (Å²) >= 11 is 0. The number of methoxy groups -OCH3 is 1. The zero-order chi connectivity index (χ0) is 18.8. The van der Waals surface area contributed by atoms with Crippen LogP contribution in [-0.2, 0) is 22.5 Å². The topological polar surface area (TPSA) is 91.8 Å². The number of fused-ring (bicyclic) bond motifs is 1. The normalized spacial score (nSPS) is 15.1. The predicted octanol–water partition coefficient (Wildman–Crippen LogP) is 2.47. The van der Waals surface area contributed by atoms with Crippen LogP contribution in [-0.4, -0.2) is 25.3 Å². The van der Waals surface area contributed by atoms with Gasteiger partial charge in [-0.05, 0) is 42.5 Å². The van der Waals surface area contributed by atoms with Gasteiger partial charge in [-0.25, -0.2) is 5.48 Å². The van der Waals surface area contributed by atoms with Crippen molar-refractivity contribution in [1.82, 2.24) is 11.1 Å². The molecule has 1 atom stereocenters. The van der Waals surface area contributed by atoms with Gasteiger partial charge in [0.25, 0.3) is 0 Å². The summed E-state index contributed by atoms with van der Waals surface area (Å²) in [5, 5.41) is 8.54. The van der Waals surface area contributed by atoms with E-state index in [1.807, 2.05) is 42.5 Å². The molecule has 1 aliphatic carbocycles. The van der Waals surface area contributed by atoms with E-state index in [-0.39, 0.29) is 11.8 Å². The average Bonchev–Trinajstić information content (AvgIpc) is 2.72. The maximum absolute atomic E-state index is 11.2. The SMILES string of the molecule is CONNc1cccc(OC)c1.O=C(NO)C1CCc2ccccc2C1. The van der Waals surface area contributed by atoms with Crippen molar-refractivity contribution in [2.75, 3.05) is 19.6 Å². The fourth-order valence-electron chi connectivity index (χ4n) is 2.82. The van der Waals surface area contributed by atoms with E-state index in [1.54, 1.807) is 12.6 Å². The van der Waals surface area contributed by atoms with E-state index < -0.39 is 0 Å². The summed E-state index contributed by atoms with van der Waals surface area (Å²) in [6.07, 6.45) is 2.49. The Morgan fingerprint density at radius 1 is 1.12 bits per heavy atom. The standard InChI is InChI=1S/C11H13NO2.C8H12N2O2/c13-11(12-14)10-6-5-8-3-1-2-4-9(8)7-10;1-11-8-5-3-4-7(6-8)9-10-12-2/h1-4,10,14H,5-7H2,(H,12,13);3-6,9-10H,1-2H3. The number of hydroxylamine groups is 1. The number of hydrogen-bond acceptors (Lipinski definition) is 6. The first-order valence-corrected chi connectivity index (χ1v) is 8.36. The Hall–Kier alpha value is -2.61. The largest absolute Gasteiger partial charge is 0.497 e. The Morgan fingerprint density at radius 2 is 1.88 bits per heavy atom. The Kier molecular flexibility index (Phi) is 7.88. The summed E-state index contributed by atoms with van der Waals surface area (Å²) in [5.74, 6) is 0.465. The van der Waals surface area contributed by atoms with Gasteiger partial charge in [0.1, 0.15) is 5.75 Å². The minimum Gasteiger partial charge on any atom is -0.497 e. The molecule has 0 saturated carbocycles. The van der Waals surface area contributed by atoms with Gasteiger partial charge >= 0.3 is 0 Å². The van der Waals surface area contributed by atoms with Gasteiger partial charge in [-0.1, -0.05) is 30.3 Å². The zero-order valence-corrected chi connectivity index (χ0v) is 15.0. The number of ether oxygens (including phenoxy) is 1. The summed E-state index contributed by atoms with van der Waals surface area (Å²) < 4.78 is 5.03. The molecule has 140 valence electrons. The molecule has 1 amide bonds. The molecule has 7 heteroatoms. The molecule has 7 nitrogen and oxygen atoms in total. The molecule has 1 aliphatic rings. The lowest BCUT2D eigenvalue weighted by molar-refractivity contribution is -0.133. The number of carbonyl (C=O) groups is 1. The molecule has 0 heterocycles. The van der Waals surface area contributed by atoms with Crippen molar-refractivity contribution in [2.24, 2.45) is 5.92 Å². The van der Waals surface area contributed by atoms with E-state index in [0.29, 0.717) is 0 Å². The summed E-state index contributed by atoms with van der Waals surface area (Å²) in [4.78, 5) is 15.8. The third-order valence-corrected chi connectivity index (χ3v) is 4.19. The van der Waals surface area contributed by atoms with Crippen molar-refractivity contribution in [2.45, 2.75) is 19.3 Å². The highest BCUT2D eigenvalue weighted by Gasteiger charge is 2.23. The smallest absolute Gasteiger partial charge is 0.246 e. The van der Waals surface area contributed by atoms with Crippen molar-refractivity contribution in [1.29, 1.82) is 0 Å². The second kappa shape index (κ2) is 10.4. The van der Waals surface area contributed by atoms with Crippen molar-refractivity contribution in [3.8, 4) is 5.75 Å². The molecule has 3 rings (SSSR count). The molecule has 0 bridgehead atoms. The maximum atomic E-state index is 11.2. The minimum atomic E-state index is -0.264. The van der Waals surface area contributed by atoms with Gasteiger partial charge < -0.3 is 4.74 Å². The van der Waals surface area contributed by atoms with Crippen LogP contribution in [0.15, 0.2) is 48.5 Å². The number of hydrazine groups is 1. The Bertz CT molecular complexity index is 709. The molecule has 0 radical (unpaired) electrons. The molecule has 0 spiro atoms. The third kappa shape index (κ3) is 5.73. The Balaban J connectivity index is 0.000000190. The van der Waals surface area contributed by atoms with Crippen LogP contribution < -0.4 is 21.2 Å². The molecule has 26 heavy (non-hydrogen) atoms. The average molecular weight is 359 g/mol. The second-order valence-electron chi connectivity index (χ2n) is 5.85. The van der Waals surface area contributed by atoms with Crippen LogP contribution in [0.4, 0.5) is 5.69 Å². The number of rotatable bonds is 5. The number of aryl methyl sites for hydroxylation is 1. The van der Waals surface area contributed by atoms with E-state index in [1.165, 1.54) is 18.2 Å². The quantitative estimate of drug-likeness (QED) is 0.484. The van der Waals surface area contributed by atoms with Crippen LogP contribution in [0.2, 0.25) is 0 Å². The first-order valence-electron chi connectivity index (χ1n) is 8.36. The van der Waals surface area contributed by atoms with Crippen LogP contribution in [0, 0.1) is 5.92 Å². The molecule has 2 aromatic carbocycles. The lowest BCUT2D eigenvalue weighted by atomic mass is 9.83. The number of anilines is 1. The molecule has 0 aliphatic heterocycles. The van der Waals surface area contributed by atoms with Crippen LogP contribution in [0.1, 0.15) is 17.5 Å². The fourth-order valence-corrected chi connectivity index (χ4v) is 2.82. The third-order valence-electron chi connectivity index (χ3n) is 4.19. The fraction of sp³-hybridized carbons (Fsp3) is 0.316. The van der Waals surface area contributed by atoms with Gasteiger partial charge in [-0.15, -0.1) is 5.59 Å². The monoisotopic (exact) mass is 359 g/mol. The Labute approximate surface area is 153 Å². The van der Waals surface area contributed by atoms with Crippen LogP contribution >= 0.6 is 0 Å². The molecule has 0 saturated heterocycles. The lowest BCUT2D eigenvalue weighted by Crippen LogP contribution is -2.31. The number of hydrogen-bond donors (Lipinski definition) is 4. The molecule has 1 unspecified atom stereocenters. The van der Waals surface area contributed by atoms with Crippen molar-refractivity contribution < 1.29 is 19.6 Å². The van der Waals surface area contributed by atoms with E-state index in [4.69, 9.17) is 9.94 Å². The summed E-state index contributed by atoms with van der Waals surface area (Å²) in [5.41, 5.74) is 10.5. The molecular weight excluding hydrogens is 334 g/mol. The Morgan fingerprint density at radius 3 is 2.58 bits per heavy atom. The van der Waals surface area contributed by atoms with Gasteiger partial charge in [0.2, 0.25) is 5.91 Å². The minimum absolute atomic E-state index is 0.0742. The first kappa shape index (κ1) is 19.7. The van der Waals surface area contributed by atoms with Crippen LogP contribution in [0.3, 0.4) is 0 Å². The molecule has 0 fully saturated rings. The van der Waals surface area contributed by atoms with Gasteiger partial charge in [-0.2, -0.15) is 0 Å². The highest BCUT2D eigenvalue weighted by Crippen LogP contribution is 2.25. The maximum Gasteiger partial charge on any atom is 0.246 e. The summed E-state index contributed by atoms with van der Waals surface area (Å²) in [7, 11) is 3.16. The number of amides is 1. The van der Waals surface area contributed by atoms with Gasteiger partial charge in [-0.3, -0.25) is 20.3 Å². The number of nitrogens with one attached hydrogen (secondary N) is 3. The van der Waals surface area contributed by atoms with Gasteiger partial charge in [0, 0.05) is 12.0 Å². The predicted molar refractivity (Wildman–Crippen MR) is 98.6 cm³/mol. The van der Waals surface area contributed by atoms with Crippen molar-refractivity contribution in [3.05, 3.63) is 59.7 Å². The summed E-state index contributed by atoms with van der Waals surface area (Å²) in [6, 6.07) is 15.7. The highest BCUT2D eigenvalue weighted by atomic mass is 16.7.